The molecule has 1 atom stereocenters. The van der Waals surface area contributed by atoms with Crippen molar-refractivity contribution in [1.82, 2.24) is 0 Å². The molecule has 0 fully saturated rings. The summed E-state index contributed by atoms with van der Waals surface area (Å²) in [6.45, 7) is 4.47. The largest absolute Gasteiger partial charge is 0.478 e. The fourth-order valence-electron chi connectivity index (χ4n) is 2.09. The molecule has 1 amide bonds. The van der Waals surface area contributed by atoms with E-state index in [1.165, 1.54) is 0 Å². The summed E-state index contributed by atoms with van der Waals surface area (Å²) < 4.78 is 6.82. The zero-order chi connectivity index (χ0) is 13.4. The number of hydrogen-bond acceptors (Lipinski definition) is 3. The topological polar surface area (TPSA) is 55.6 Å². The average molecular weight is 313 g/mol. The van der Waals surface area contributed by atoms with Gasteiger partial charge in [0.15, 0.2) is 6.10 Å². The number of amides is 1. The quantitative estimate of drug-likeness (QED) is 0.910. The smallest absolute Gasteiger partial charge is 0.267 e. The van der Waals surface area contributed by atoms with Crippen molar-refractivity contribution in [1.29, 1.82) is 0 Å². The standard InChI is InChI=1S/C13H17BrN2O2/c1-7-8(2)12-10(6-9(7)14)16(3)13(17)11(18-12)4-5-15/h6,11H,4-5,15H2,1-3H3. The first-order valence-electron chi connectivity index (χ1n) is 5.91. The first-order valence-corrected chi connectivity index (χ1v) is 6.70. The third-order valence-corrected chi connectivity index (χ3v) is 4.24. The summed E-state index contributed by atoms with van der Waals surface area (Å²) in [5.74, 6) is 0.749. The molecular formula is C13H17BrN2O2. The molecule has 4 nitrogen and oxygen atoms in total. The Labute approximate surface area is 115 Å². The van der Waals surface area contributed by atoms with Gasteiger partial charge < -0.3 is 15.4 Å². The fraction of sp³-hybridized carbons (Fsp3) is 0.462. The Morgan fingerprint density at radius 3 is 2.72 bits per heavy atom. The number of hydrogen-bond donors (Lipinski definition) is 1. The Morgan fingerprint density at radius 1 is 1.44 bits per heavy atom. The fourth-order valence-corrected chi connectivity index (χ4v) is 2.61. The van der Waals surface area contributed by atoms with Crippen LogP contribution in [0.15, 0.2) is 10.5 Å². The molecule has 1 unspecified atom stereocenters. The number of halogens is 1. The highest BCUT2D eigenvalue weighted by Crippen LogP contribution is 2.41. The zero-order valence-electron chi connectivity index (χ0n) is 10.8. The lowest BCUT2D eigenvalue weighted by molar-refractivity contribution is -0.126. The van der Waals surface area contributed by atoms with Crippen LogP contribution in [0.4, 0.5) is 5.69 Å². The van der Waals surface area contributed by atoms with Crippen molar-refractivity contribution in [2.45, 2.75) is 26.4 Å². The molecule has 2 rings (SSSR count). The molecule has 5 heteroatoms. The number of nitrogens with two attached hydrogens (primary N) is 1. The zero-order valence-corrected chi connectivity index (χ0v) is 12.4. The van der Waals surface area contributed by atoms with Crippen LogP contribution in [0.5, 0.6) is 5.75 Å². The van der Waals surface area contributed by atoms with E-state index in [1.54, 1.807) is 11.9 Å². The highest BCUT2D eigenvalue weighted by molar-refractivity contribution is 9.10. The SMILES string of the molecule is Cc1c(Br)cc2c(c1C)OC(CCN)C(=O)N2C. The summed E-state index contributed by atoms with van der Waals surface area (Å²) in [5, 5.41) is 0. The molecule has 2 N–H and O–H groups in total. The van der Waals surface area contributed by atoms with E-state index >= 15 is 0 Å². The number of nitrogens with zero attached hydrogens (tertiary/aromatic N) is 1. The maximum absolute atomic E-state index is 12.1. The highest BCUT2D eigenvalue weighted by Gasteiger charge is 2.33. The van der Waals surface area contributed by atoms with Gasteiger partial charge in [-0.1, -0.05) is 15.9 Å². The summed E-state index contributed by atoms with van der Waals surface area (Å²) in [6.07, 6.45) is 0.0729. The molecule has 98 valence electrons. The summed E-state index contributed by atoms with van der Waals surface area (Å²) in [7, 11) is 1.77. The number of ether oxygens (including phenoxy) is 1. The highest BCUT2D eigenvalue weighted by atomic mass is 79.9. The van der Waals surface area contributed by atoms with Crippen LogP contribution >= 0.6 is 15.9 Å². The predicted molar refractivity (Wildman–Crippen MR) is 75.1 cm³/mol. The normalized spacial score (nSPS) is 18.6. The van der Waals surface area contributed by atoms with Gasteiger partial charge in [0, 0.05) is 17.9 Å². The van der Waals surface area contributed by atoms with Crippen molar-refractivity contribution < 1.29 is 9.53 Å². The van der Waals surface area contributed by atoms with E-state index in [0.29, 0.717) is 13.0 Å². The van der Waals surface area contributed by atoms with E-state index in [4.69, 9.17) is 10.5 Å². The van der Waals surface area contributed by atoms with Gasteiger partial charge in [-0.2, -0.15) is 0 Å². The van der Waals surface area contributed by atoms with Crippen LogP contribution in [-0.2, 0) is 4.79 Å². The molecular weight excluding hydrogens is 296 g/mol. The van der Waals surface area contributed by atoms with E-state index in [-0.39, 0.29) is 5.91 Å². The molecule has 0 aromatic heterocycles. The van der Waals surface area contributed by atoms with Crippen LogP contribution in [0.25, 0.3) is 0 Å². The van der Waals surface area contributed by atoms with Crippen LogP contribution in [0.2, 0.25) is 0 Å². The molecule has 1 aliphatic rings. The third kappa shape index (κ3) is 2.01. The van der Waals surface area contributed by atoms with Gasteiger partial charge in [0.1, 0.15) is 5.75 Å². The van der Waals surface area contributed by atoms with Crippen molar-refractivity contribution in [3.05, 3.63) is 21.7 Å². The van der Waals surface area contributed by atoms with Gasteiger partial charge in [-0.3, -0.25) is 4.79 Å². The first-order chi connectivity index (χ1) is 8.47. The number of rotatable bonds is 2. The summed E-state index contributed by atoms with van der Waals surface area (Å²) >= 11 is 3.50. The third-order valence-electron chi connectivity index (χ3n) is 3.41. The van der Waals surface area contributed by atoms with Gasteiger partial charge in [-0.05, 0) is 37.6 Å². The number of carbonyl (C=O) groups excluding carboxylic acids is 1. The number of likely N-dealkylation sites (N-methyl/N-ethyl adjacent to an activating group) is 1. The maximum Gasteiger partial charge on any atom is 0.267 e. The van der Waals surface area contributed by atoms with Gasteiger partial charge in [0.25, 0.3) is 5.91 Å². The van der Waals surface area contributed by atoms with Crippen molar-refractivity contribution in [3.8, 4) is 5.75 Å². The summed E-state index contributed by atoms with van der Waals surface area (Å²) in [6, 6.07) is 1.92. The van der Waals surface area contributed by atoms with Gasteiger partial charge in [-0.15, -0.1) is 0 Å². The van der Waals surface area contributed by atoms with Gasteiger partial charge >= 0.3 is 0 Å². The van der Waals surface area contributed by atoms with Crippen LogP contribution in [0.1, 0.15) is 17.5 Å². The number of carbonyl (C=O) groups is 1. The summed E-state index contributed by atoms with van der Waals surface area (Å²) in [5.41, 5.74) is 8.51. The average Bonchev–Trinajstić information content (AvgIpc) is 2.35. The van der Waals surface area contributed by atoms with Crippen molar-refractivity contribution >= 4 is 27.5 Å². The number of benzene rings is 1. The second-order valence-electron chi connectivity index (χ2n) is 4.54. The second-order valence-corrected chi connectivity index (χ2v) is 5.39. The lowest BCUT2D eigenvalue weighted by atomic mass is 10.0. The predicted octanol–water partition coefficient (Wildman–Crippen LogP) is 2.14. The van der Waals surface area contributed by atoms with Crippen LogP contribution in [0, 0.1) is 13.8 Å². The van der Waals surface area contributed by atoms with Gasteiger partial charge in [-0.25, -0.2) is 0 Å². The minimum absolute atomic E-state index is 0.0388. The van der Waals surface area contributed by atoms with Crippen LogP contribution in [0.3, 0.4) is 0 Å². The van der Waals surface area contributed by atoms with Gasteiger partial charge in [0.05, 0.1) is 5.69 Å². The Morgan fingerprint density at radius 2 is 2.11 bits per heavy atom. The van der Waals surface area contributed by atoms with Crippen molar-refractivity contribution in [3.63, 3.8) is 0 Å². The Kier molecular flexibility index (Phi) is 3.64. The maximum atomic E-state index is 12.1. The molecule has 0 radical (unpaired) electrons. The minimum atomic E-state index is -0.466. The molecule has 0 saturated carbocycles. The molecule has 1 aromatic carbocycles. The Bertz CT molecular complexity index is 502. The van der Waals surface area contributed by atoms with E-state index in [9.17, 15) is 4.79 Å². The molecule has 0 bridgehead atoms. The molecule has 1 heterocycles. The molecule has 18 heavy (non-hydrogen) atoms. The second kappa shape index (κ2) is 4.90. The summed E-state index contributed by atoms with van der Waals surface area (Å²) in [4.78, 5) is 13.8. The van der Waals surface area contributed by atoms with E-state index in [2.05, 4.69) is 15.9 Å². The van der Waals surface area contributed by atoms with E-state index in [0.717, 1.165) is 27.0 Å². The van der Waals surface area contributed by atoms with Crippen molar-refractivity contribution in [2.75, 3.05) is 18.5 Å². The molecule has 0 aliphatic carbocycles. The molecule has 0 spiro atoms. The van der Waals surface area contributed by atoms with Crippen LogP contribution < -0.4 is 15.4 Å². The van der Waals surface area contributed by atoms with Gasteiger partial charge in [0.2, 0.25) is 0 Å². The number of anilines is 1. The molecule has 1 aliphatic heterocycles. The van der Waals surface area contributed by atoms with Crippen molar-refractivity contribution in [2.24, 2.45) is 5.73 Å². The Balaban J connectivity index is 2.52. The van der Waals surface area contributed by atoms with E-state index in [1.807, 2.05) is 19.9 Å². The first kappa shape index (κ1) is 13.4. The monoisotopic (exact) mass is 312 g/mol. The molecule has 0 saturated heterocycles. The van der Waals surface area contributed by atoms with Crippen LogP contribution in [-0.4, -0.2) is 25.6 Å². The number of fused-ring (bicyclic) bond motifs is 1. The molecule has 1 aromatic rings. The Hall–Kier alpha value is -1.07. The van der Waals surface area contributed by atoms with E-state index < -0.39 is 6.10 Å². The lowest BCUT2D eigenvalue weighted by Gasteiger charge is -2.33. The lowest BCUT2D eigenvalue weighted by Crippen LogP contribution is -2.45. The minimum Gasteiger partial charge on any atom is -0.478 e.